The van der Waals surface area contributed by atoms with E-state index in [4.69, 9.17) is 4.74 Å². The number of hydrogen-bond acceptors (Lipinski definition) is 6. The molecule has 0 saturated carbocycles. The Morgan fingerprint density at radius 3 is 2.71 bits per heavy atom. The Kier molecular flexibility index (Phi) is 4.82. The zero-order valence-corrected chi connectivity index (χ0v) is 13.5. The van der Waals surface area contributed by atoms with Crippen LogP contribution in [0.25, 0.3) is 0 Å². The second kappa shape index (κ2) is 6.43. The summed E-state index contributed by atoms with van der Waals surface area (Å²) in [5.74, 6) is 0.310. The summed E-state index contributed by atoms with van der Waals surface area (Å²) in [6.45, 7) is 7.35. The highest BCUT2D eigenvalue weighted by Gasteiger charge is 2.19. The Morgan fingerprint density at radius 2 is 2.10 bits per heavy atom. The lowest BCUT2D eigenvalue weighted by molar-refractivity contribution is -0.119. The quantitative estimate of drug-likeness (QED) is 0.927. The smallest absolute Gasteiger partial charge is 0.407 e. The zero-order chi connectivity index (χ0) is 15.5. The first-order valence-corrected chi connectivity index (χ1v) is 7.81. The number of thiazole rings is 1. The van der Waals surface area contributed by atoms with Crippen molar-refractivity contribution in [3.8, 4) is 0 Å². The Hall–Kier alpha value is -1.63. The number of nitrogens with zero attached hydrogens (tertiary/aromatic N) is 2. The van der Waals surface area contributed by atoms with Crippen LogP contribution in [0.1, 0.15) is 38.5 Å². The van der Waals surface area contributed by atoms with Crippen molar-refractivity contribution in [3.63, 3.8) is 0 Å². The average Bonchev–Trinajstić information content (AvgIpc) is 2.84. The SMILES string of the molecule is CC(C)(C)NC(=O)OCc1cnc(N2CCC(=O)CC2)s1. The van der Waals surface area contributed by atoms with Crippen LogP contribution in [0.15, 0.2) is 6.20 Å². The molecule has 0 aromatic carbocycles. The molecule has 116 valence electrons. The predicted octanol–water partition coefficient (Wildman–Crippen LogP) is 2.34. The standard InChI is InChI=1S/C14H21N3O3S/c1-14(2,3)16-13(19)20-9-11-8-15-12(21-11)17-6-4-10(18)5-7-17/h8H,4-7,9H2,1-3H3,(H,16,19). The number of ether oxygens (including phenoxy) is 1. The normalized spacial score (nSPS) is 16.0. The molecule has 6 nitrogen and oxygen atoms in total. The van der Waals surface area contributed by atoms with Crippen molar-refractivity contribution in [1.29, 1.82) is 0 Å². The molecule has 2 rings (SSSR count). The molecule has 0 atom stereocenters. The van der Waals surface area contributed by atoms with Crippen LogP contribution in [0.5, 0.6) is 0 Å². The maximum Gasteiger partial charge on any atom is 0.407 e. The maximum atomic E-state index is 11.6. The van der Waals surface area contributed by atoms with Crippen molar-refractivity contribution in [2.75, 3.05) is 18.0 Å². The number of nitrogens with one attached hydrogen (secondary N) is 1. The molecule has 0 bridgehead atoms. The minimum absolute atomic E-state index is 0.215. The van der Waals surface area contributed by atoms with Gasteiger partial charge in [-0.25, -0.2) is 9.78 Å². The number of rotatable bonds is 3. The van der Waals surface area contributed by atoms with Gasteiger partial charge in [-0.1, -0.05) is 11.3 Å². The molecule has 0 unspecified atom stereocenters. The molecule has 0 aliphatic carbocycles. The molecule has 1 aromatic heterocycles. The van der Waals surface area contributed by atoms with E-state index in [1.54, 1.807) is 6.20 Å². The van der Waals surface area contributed by atoms with Gasteiger partial charge in [-0.3, -0.25) is 4.79 Å². The maximum absolute atomic E-state index is 11.6. The van der Waals surface area contributed by atoms with Gasteiger partial charge in [-0.15, -0.1) is 0 Å². The van der Waals surface area contributed by atoms with E-state index < -0.39 is 6.09 Å². The van der Waals surface area contributed by atoms with Crippen LogP contribution < -0.4 is 10.2 Å². The van der Waals surface area contributed by atoms with Gasteiger partial charge in [-0.2, -0.15) is 0 Å². The lowest BCUT2D eigenvalue weighted by Crippen LogP contribution is -2.40. The van der Waals surface area contributed by atoms with E-state index in [0.29, 0.717) is 18.6 Å². The molecule has 0 radical (unpaired) electrons. The van der Waals surface area contributed by atoms with E-state index in [2.05, 4.69) is 15.2 Å². The largest absolute Gasteiger partial charge is 0.444 e. The first kappa shape index (κ1) is 15.8. The number of aromatic nitrogens is 1. The summed E-state index contributed by atoms with van der Waals surface area (Å²) in [6.07, 6.45) is 2.46. The molecule has 21 heavy (non-hydrogen) atoms. The second-order valence-corrected chi connectivity index (χ2v) is 7.18. The summed E-state index contributed by atoms with van der Waals surface area (Å²) in [4.78, 5) is 30.1. The highest BCUT2D eigenvalue weighted by Crippen LogP contribution is 2.25. The van der Waals surface area contributed by atoms with E-state index in [-0.39, 0.29) is 12.1 Å². The summed E-state index contributed by atoms with van der Waals surface area (Å²) >= 11 is 1.50. The molecule has 1 amide bonds. The summed E-state index contributed by atoms with van der Waals surface area (Å²) in [6, 6.07) is 0. The Balaban J connectivity index is 1.83. The third-order valence-electron chi connectivity index (χ3n) is 2.96. The summed E-state index contributed by atoms with van der Waals surface area (Å²) in [5, 5.41) is 3.63. The van der Waals surface area contributed by atoms with E-state index in [1.165, 1.54) is 11.3 Å². The lowest BCUT2D eigenvalue weighted by atomic mass is 10.1. The number of hydrogen-bond donors (Lipinski definition) is 1. The van der Waals surface area contributed by atoms with Crippen molar-refractivity contribution in [3.05, 3.63) is 11.1 Å². The summed E-state index contributed by atoms with van der Waals surface area (Å²) in [5.41, 5.74) is -0.309. The number of piperidine rings is 1. The van der Waals surface area contributed by atoms with Crippen LogP contribution in [0.4, 0.5) is 9.93 Å². The van der Waals surface area contributed by atoms with Crippen LogP contribution >= 0.6 is 11.3 Å². The highest BCUT2D eigenvalue weighted by atomic mass is 32.1. The molecular formula is C14H21N3O3S. The van der Waals surface area contributed by atoms with E-state index in [1.807, 2.05) is 20.8 Å². The van der Waals surface area contributed by atoms with Gasteiger partial charge in [0.05, 0.1) is 4.88 Å². The number of Topliss-reactive ketones (excluding diaryl/α,β-unsaturated/α-hetero) is 1. The van der Waals surface area contributed by atoms with Gasteiger partial charge in [0.1, 0.15) is 12.4 Å². The molecule has 1 aromatic rings. The fraction of sp³-hybridized carbons (Fsp3) is 0.643. The summed E-state index contributed by atoms with van der Waals surface area (Å²) < 4.78 is 5.17. The van der Waals surface area contributed by atoms with Gasteiger partial charge in [0, 0.05) is 37.7 Å². The van der Waals surface area contributed by atoms with E-state index >= 15 is 0 Å². The van der Waals surface area contributed by atoms with Gasteiger partial charge in [0.25, 0.3) is 0 Å². The summed E-state index contributed by atoms with van der Waals surface area (Å²) in [7, 11) is 0. The Labute approximate surface area is 128 Å². The van der Waals surface area contributed by atoms with Crippen LogP contribution in [0, 0.1) is 0 Å². The first-order chi connectivity index (χ1) is 9.83. The van der Waals surface area contributed by atoms with Crippen molar-refractivity contribution in [2.45, 2.75) is 45.8 Å². The van der Waals surface area contributed by atoms with Crippen molar-refractivity contribution < 1.29 is 14.3 Å². The number of amides is 1. The van der Waals surface area contributed by atoms with Crippen molar-refractivity contribution >= 4 is 28.3 Å². The average molecular weight is 311 g/mol. The molecule has 7 heteroatoms. The van der Waals surface area contributed by atoms with Gasteiger partial charge in [0.2, 0.25) is 0 Å². The molecule has 2 heterocycles. The fourth-order valence-corrected chi connectivity index (χ4v) is 2.81. The minimum atomic E-state index is -0.430. The molecule has 1 fully saturated rings. The minimum Gasteiger partial charge on any atom is -0.444 e. The number of carbonyl (C=O) groups is 2. The number of ketones is 1. The third kappa shape index (κ3) is 5.00. The van der Waals surface area contributed by atoms with Gasteiger partial charge in [-0.05, 0) is 20.8 Å². The van der Waals surface area contributed by atoms with Crippen molar-refractivity contribution in [2.24, 2.45) is 0 Å². The number of carbonyl (C=O) groups excluding carboxylic acids is 2. The molecule has 1 saturated heterocycles. The first-order valence-electron chi connectivity index (χ1n) is 7.00. The van der Waals surface area contributed by atoms with Crippen LogP contribution in [-0.2, 0) is 16.1 Å². The monoisotopic (exact) mass is 311 g/mol. The second-order valence-electron chi connectivity index (χ2n) is 6.09. The predicted molar refractivity (Wildman–Crippen MR) is 81.6 cm³/mol. The molecule has 1 aliphatic rings. The molecule has 0 spiro atoms. The third-order valence-corrected chi connectivity index (χ3v) is 3.99. The van der Waals surface area contributed by atoms with Crippen molar-refractivity contribution in [1.82, 2.24) is 10.3 Å². The lowest BCUT2D eigenvalue weighted by Gasteiger charge is -2.25. The van der Waals surface area contributed by atoms with E-state index in [0.717, 1.165) is 23.1 Å². The van der Waals surface area contributed by atoms with E-state index in [9.17, 15) is 9.59 Å². The molecule has 1 aliphatic heterocycles. The highest BCUT2D eigenvalue weighted by molar-refractivity contribution is 7.15. The van der Waals surface area contributed by atoms with Gasteiger partial charge < -0.3 is 15.0 Å². The van der Waals surface area contributed by atoms with Gasteiger partial charge in [0.15, 0.2) is 5.13 Å². The van der Waals surface area contributed by atoms with Crippen LogP contribution in [-0.4, -0.2) is 35.5 Å². The molecular weight excluding hydrogens is 290 g/mol. The Bertz CT molecular complexity index is 512. The van der Waals surface area contributed by atoms with Crippen LogP contribution in [0.2, 0.25) is 0 Å². The fourth-order valence-electron chi connectivity index (χ4n) is 1.94. The topological polar surface area (TPSA) is 71.5 Å². The van der Waals surface area contributed by atoms with Gasteiger partial charge >= 0.3 is 6.09 Å². The number of anilines is 1. The Morgan fingerprint density at radius 1 is 1.43 bits per heavy atom. The number of alkyl carbamates (subject to hydrolysis) is 1. The van der Waals surface area contributed by atoms with Crippen LogP contribution in [0.3, 0.4) is 0 Å². The zero-order valence-electron chi connectivity index (χ0n) is 12.6. The molecule has 1 N–H and O–H groups in total.